The Morgan fingerprint density at radius 2 is 2.05 bits per heavy atom. The molecule has 1 aromatic carbocycles. The molecule has 6 heteroatoms. The zero-order valence-electron chi connectivity index (χ0n) is 11.9. The molecule has 108 valence electrons. The molecule has 0 radical (unpaired) electrons. The van der Waals surface area contributed by atoms with E-state index in [2.05, 4.69) is 20.8 Å². The minimum atomic E-state index is 0.728. The fourth-order valence-electron chi connectivity index (χ4n) is 2.32. The van der Waals surface area contributed by atoms with Crippen LogP contribution in [0.25, 0.3) is 22.3 Å². The lowest BCUT2D eigenvalue weighted by Gasteiger charge is -2.09. The predicted octanol–water partition coefficient (Wildman–Crippen LogP) is 3.84. The van der Waals surface area contributed by atoms with Crippen LogP contribution < -0.4 is 5.32 Å². The monoisotopic (exact) mass is 307 g/mol. The van der Waals surface area contributed by atoms with Gasteiger partial charge in [0.15, 0.2) is 5.82 Å². The Morgan fingerprint density at radius 3 is 2.82 bits per heavy atom. The highest BCUT2D eigenvalue weighted by Crippen LogP contribution is 2.27. The molecule has 0 amide bonds. The summed E-state index contributed by atoms with van der Waals surface area (Å²) in [7, 11) is 1.89. The van der Waals surface area contributed by atoms with Crippen molar-refractivity contribution in [2.75, 3.05) is 5.32 Å². The summed E-state index contributed by atoms with van der Waals surface area (Å²) in [6.45, 7) is 0. The maximum atomic E-state index is 4.70. The van der Waals surface area contributed by atoms with Crippen molar-refractivity contribution in [3.05, 3.63) is 53.5 Å². The average molecular weight is 307 g/mol. The lowest BCUT2D eigenvalue weighted by molar-refractivity contribution is 0.768. The number of nitrogens with one attached hydrogen (secondary N) is 1. The minimum Gasteiger partial charge on any atom is -0.337 e. The molecule has 0 aliphatic carbocycles. The Balaban J connectivity index is 1.87. The molecule has 5 nitrogen and oxygen atoms in total. The van der Waals surface area contributed by atoms with Gasteiger partial charge in [-0.15, -0.1) is 0 Å². The highest BCUT2D eigenvalue weighted by Gasteiger charge is 2.10. The molecule has 0 unspecified atom stereocenters. The van der Waals surface area contributed by atoms with Crippen molar-refractivity contribution in [1.82, 2.24) is 19.7 Å². The summed E-state index contributed by atoms with van der Waals surface area (Å²) < 4.78 is 1.76. The standard InChI is InChI=1S/C16H13N5S/c1-21-9-12(8-17-21)18-16-13-4-2-3-5-14(13)19-15(20-16)11-6-7-22-10-11/h2-10H,1H3,(H,18,19,20). The second kappa shape index (κ2) is 5.23. The van der Waals surface area contributed by atoms with Crippen molar-refractivity contribution >= 4 is 33.7 Å². The summed E-state index contributed by atoms with van der Waals surface area (Å²) in [6.07, 6.45) is 3.70. The van der Waals surface area contributed by atoms with E-state index in [0.717, 1.165) is 33.8 Å². The Morgan fingerprint density at radius 1 is 1.14 bits per heavy atom. The van der Waals surface area contributed by atoms with Gasteiger partial charge in [-0.05, 0) is 23.6 Å². The van der Waals surface area contributed by atoms with Crippen molar-refractivity contribution < 1.29 is 0 Å². The Bertz CT molecular complexity index is 927. The van der Waals surface area contributed by atoms with Crippen LogP contribution in [-0.4, -0.2) is 19.7 Å². The number of nitrogens with zero attached hydrogens (tertiary/aromatic N) is 4. The molecular formula is C16H13N5S. The fourth-order valence-corrected chi connectivity index (χ4v) is 2.95. The van der Waals surface area contributed by atoms with Crippen LogP contribution in [0.1, 0.15) is 0 Å². The first kappa shape index (κ1) is 13.0. The van der Waals surface area contributed by atoms with Crippen molar-refractivity contribution in [3.8, 4) is 11.4 Å². The van der Waals surface area contributed by atoms with Crippen LogP contribution in [0.2, 0.25) is 0 Å². The molecule has 3 aromatic heterocycles. The zero-order valence-corrected chi connectivity index (χ0v) is 12.7. The topological polar surface area (TPSA) is 55.6 Å². The van der Waals surface area contributed by atoms with Gasteiger partial charge < -0.3 is 5.32 Å². The van der Waals surface area contributed by atoms with Gasteiger partial charge in [-0.1, -0.05) is 12.1 Å². The highest BCUT2D eigenvalue weighted by atomic mass is 32.1. The van der Waals surface area contributed by atoms with Gasteiger partial charge in [-0.25, -0.2) is 9.97 Å². The van der Waals surface area contributed by atoms with Crippen LogP contribution in [0.15, 0.2) is 53.5 Å². The summed E-state index contributed by atoms with van der Waals surface area (Å²) in [5.41, 5.74) is 2.86. The van der Waals surface area contributed by atoms with E-state index >= 15 is 0 Å². The molecule has 4 aromatic rings. The van der Waals surface area contributed by atoms with Gasteiger partial charge >= 0.3 is 0 Å². The minimum absolute atomic E-state index is 0.728. The number of anilines is 2. The first-order chi connectivity index (χ1) is 10.8. The molecule has 4 rings (SSSR count). The molecule has 1 N–H and O–H groups in total. The van der Waals surface area contributed by atoms with Crippen molar-refractivity contribution in [1.29, 1.82) is 0 Å². The normalized spacial score (nSPS) is 11.0. The van der Waals surface area contributed by atoms with Crippen LogP contribution in [0, 0.1) is 0 Å². The van der Waals surface area contributed by atoms with Gasteiger partial charge in [0.25, 0.3) is 0 Å². The van der Waals surface area contributed by atoms with Gasteiger partial charge in [0.2, 0.25) is 0 Å². The van der Waals surface area contributed by atoms with E-state index in [4.69, 9.17) is 4.98 Å². The number of aryl methyl sites for hydroxylation is 1. The highest BCUT2D eigenvalue weighted by molar-refractivity contribution is 7.08. The van der Waals surface area contributed by atoms with Gasteiger partial charge in [0, 0.05) is 29.6 Å². The molecule has 0 saturated heterocycles. The van der Waals surface area contributed by atoms with Crippen LogP contribution >= 0.6 is 11.3 Å². The number of aromatic nitrogens is 4. The largest absolute Gasteiger partial charge is 0.337 e. The van der Waals surface area contributed by atoms with Crippen LogP contribution in [0.3, 0.4) is 0 Å². The van der Waals surface area contributed by atoms with Gasteiger partial charge in [-0.2, -0.15) is 16.4 Å². The molecule has 22 heavy (non-hydrogen) atoms. The van der Waals surface area contributed by atoms with E-state index in [1.807, 2.05) is 49.0 Å². The van der Waals surface area contributed by atoms with E-state index in [9.17, 15) is 0 Å². The maximum Gasteiger partial charge on any atom is 0.163 e. The van der Waals surface area contributed by atoms with E-state index in [1.54, 1.807) is 22.2 Å². The lowest BCUT2D eigenvalue weighted by atomic mass is 10.2. The SMILES string of the molecule is Cn1cc(Nc2nc(-c3ccsc3)nc3ccccc23)cn1. The number of benzene rings is 1. The quantitative estimate of drug-likeness (QED) is 0.625. The summed E-state index contributed by atoms with van der Waals surface area (Å²) >= 11 is 1.64. The number of fused-ring (bicyclic) bond motifs is 1. The smallest absolute Gasteiger partial charge is 0.163 e. The Hall–Kier alpha value is -2.73. The number of rotatable bonds is 3. The second-order valence-electron chi connectivity index (χ2n) is 4.95. The van der Waals surface area contributed by atoms with Gasteiger partial charge in [0.1, 0.15) is 5.82 Å². The summed E-state index contributed by atoms with van der Waals surface area (Å²) in [5.74, 6) is 1.52. The molecule has 0 atom stereocenters. The maximum absolute atomic E-state index is 4.70. The number of hydrogen-bond acceptors (Lipinski definition) is 5. The van der Waals surface area contributed by atoms with Crippen LogP contribution in [0.5, 0.6) is 0 Å². The van der Waals surface area contributed by atoms with Crippen molar-refractivity contribution in [3.63, 3.8) is 0 Å². The van der Waals surface area contributed by atoms with Crippen molar-refractivity contribution in [2.24, 2.45) is 7.05 Å². The number of thiophene rings is 1. The third kappa shape index (κ3) is 2.33. The molecule has 0 spiro atoms. The first-order valence-corrected chi connectivity index (χ1v) is 7.79. The van der Waals surface area contributed by atoms with Crippen molar-refractivity contribution in [2.45, 2.75) is 0 Å². The van der Waals surface area contributed by atoms with Crippen LogP contribution in [-0.2, 0) is 7.05 Å². The van der Waals surface area contributed by atoms with E-state index in [-0.39, 0.29) is 0 Å². The summed E-state index contributed by atoms with van der Waals surface area (Å²) in [4.78, 5) is 9.36. The molecule has 0 bridgehead atoms. The predicted molar refractivity (Wildman–Crippen MR) is 89.3 cm³/mol. The Labute approximate surface area is 131 Å². The summed E-state index contributed by atoms with van der Waals surface area (Å²) in [5, 5.41) is 12.6. The number of hydrogen-bond donors (Lipinski definition) is 1. The molecule has 0 fully saturated rings. The third-order valence-electron chi connectivity index (χ3n) is 3.35. The third-order valence-corrected chi connectivity index (χ3v) is 4.03. The molecular weight excluding hydrogens is 294 g/mol. The van der Waals surface area contributed by atoms with Gasteiger partial charge in [0.05, 0.1) is 17.4 Å². The van der Waals surface area contributed by atoms with E-state index in [0.29, 0.717) is 0 Å². The number of para-hydroxylation sites is 1. The molecule has 0 aliphatic heterocycles. The zero-order chi connectivity index (χ0) is 14.9. The van der Waals surface area contributed by atoms with Gasteiger partial charge in [-0.3, -0.25) is 4.68 Å². The average Bonchev–Trinajstić information content (AvgIpc) is 3.19. The van der Waals surface area contributed by atoms with Crippen LogP contribution in [0.4, 0.5) is 11.5 Å². The first-order valence-electron chi connectivity index (χ1n) is 6.84. The molecule has 0 saturated carbocycles. The lowest BCUT2D eigenvalue weighted by Crippen LogP contribution is -1.98. The molecule has 3 heterocycles. The van der Waals surface area contributed by atoms with E-state index < -0.39 is 0 Å². The second-order valence-corrected chi connectivity index (χ2v) is 5.73. The summed E-state index contributed by atoms with van der Waals surface area (Å²) in [6, 6.07) is 10.0. The van der Waals surface area contributed by atoms with E-state index in [1.165, 1.54) is 0 Å². The molecule has 0 aliphatic rings. The fraction of sp³-hybridized carbons (Fsp3) is 0.0625. The Kier molecular flexibility index (Phi) is 3.08.